The minimum atomic E-state index is 0.120. The van der Waals surface area contributed by atoms with E-state index in [1.165, 1.54) is 0 Å². The molecular formula is C12H18N2O3. The zero-order chi connectivity index (χ0) is 12.4. The van der Waals surface area contributed by atoms with Crippen LogP contribution in [-0.2, 0) is 16.0 Å². The summed E-state index contributed by atoms with van der Waals surface area (Å²) in [5, 5.41) is 3.86. The number of hydrogen-bond donors (Lipinski definition) is 0. The van der Waals surface area contributed by atoms with Crippen LogP contribution in [0.3, 0.4) is 0 Å². The van der Waals surface area contributed by atoms with Crippen molar-refractivity contribution < 1.29 is 14.1 Å². The second-order valence-corrected chi connectivity index (χ2v) is 4.50. The first-order valence-corrected chi connectivity index (χ1v) is 5.89. The highest BCUT2D eigenvalue weighted by atomic mass is 16.5. The van der Waals surface area contributed by atoms with Gasteiger partial charge in [-0.2, -0.15) is 0 Å². The molecule has 1 aliphatic rings. The second kappa shape index (κ2) is 4.87. The Morgan fingerprint density at radius 2 is 2.29 bits per heavy atom. The normalized spacial score (nSPS) is 20.6. The van der Waals surface area contributed by atoms with Crippen molar-refractivity contribution in [3.63, 3.8) is 0 Å². The lowest BCUT2D eigenvalue weighted by Crippen LogP contribution is -2.45. The number of aryl methyl sites for hydroxylation is 2. The van der Waals surface area contributed by atoms with Gasteiger partial charge in [-0.15, -0.1) is 0 Å². The third kappa shape index (κ3) is 2.66. The van der Waals surface area contributed by atoms with E-state index in [1.54, 1.807) is 0 Å². The van der Waals surface area contributed by atoms with E-state index in [2.05, 4.69) is 5.16 Å². The first-order chi connectivity index (χ1) is 8.08. The molecule has 0 saturated carbocycles. The van der Waals surface area contributed by atoms with Crippen LogP contribution in [0.25, 0.3) is 0 Å². The van der Waals surface area contributed by atoms with Gasteiger partial charge < -0.3 is 14.2 Å². The van der Waals surface area contributed by atoms with Gasteiger partial charge in [-0.3, -0.25) is 4.79 Å². The van der Waals surface area contributed by atoms with Crippen molar-refractivity contribution in [1.82, 2.24) is 10.1 Å². The summed E-state index contributed by atoms with van der Waals surface area (Å²) in [7, 11) is 0. The highest BCUT2D eigenvalue weighted by molar-refractivity contribution is 5.79. The maximum Gasteiger partial charge on any atom is 0.227 e. The molecule has 2 heterocycles. The summed E-state index contributed by atoms with van der Waals surface area (Å²) in [6.45, 7) is 7.64. The van der Waals surface area contributed by atoms with Crippen LogP contribution in [0.15, 0.2) is 4.52 Å². The molecule has 5 heteroatoms. The summed E-state index contributed by atoms with van der Waals surface area (Å²) in [4.78, 5) is 14.0. The highest BCUT2D eigenvalue weighted by Crippen LogP contribution is 2.15. The maximum atomic E-state index is 12.1. The van der Waals surface area contributed by atoms with E-state index >= 15 is 0 Å². The molecule has 0 aliphatic carbocycles. The van der Waals surface area contributed by atoms with Crippen molar-refractivity contribution >= 4 is 5.91 Å². The van der Waals surface area contributed by atoms with E-state index in [0.717, 1.165) is 17.0 Å². The number of rotatable bonds is 2. The number of ether oxygens (including phenoxy) is 1. The van der Waals surface area contributed by atoms with E-state index in [-0.39, 0.29) is 12.0 Å². The predicted molar refractivity (Wildman–Crippen MR) is 61.7 cm³/mol. The van der Waals surface area contributed by atoms with E-state index in [9.17, 15) is 4.79 Å². The Kier molecular flexibility index (Phi) is 3.47. The van der Waals surface area contributed by atoms with Gasteiger partial charge in [-0.05, 0) is 20.8 Å². The molecule has 0 N–H and O–H groups in total. The average Bonchev–Trinajstić information content (AvgIpc) is 2.61. The quantitative estimate of drug-likeness (QED) is 0.773. The molecule has 1 aliphatic heterocycles. The average molecular weight is 238 g/mol. The van der Waals surface area contributed by atoms with Crippen LogP contribution >= 0.6 is 0 Å². The summed E-state index contributed by atoms with van der Waals surface area (Å²) in [6.07, 6.45) is 0.491. The van der Waals surface area contributed by atoms with Crippen molar-refractivity contribution in [1.29, 1.82) is 0 Å². The SMILES string of the molecule is Cc1noc(C)c1CC(=O)N1CCOC(C)C1. The number of carbonyl (C=O) groups is 1. The molecule has 1 aromatic heterocycles. The molecule has 0 radical (unpaired) electrons. The third-order valence-electron chi connectivity index (χ3n) is 3.10. The standard InChI is InChI=1S/C12H18N2O3/c1-8-7-14(4-5-16-8)12(15)6-11-9(2)13-17-10(11)3/h8H,4-7H2,1-3H3. The lowest BCUT2D eigenvalue weighted by molar-refractivity contribution is -0.137. The van der Waals surface area contributed by atoms with Gasteiger partial charge in [0.15, 0.2) is 0 Å². The summed E-state index contributed by atoms with van der Waals surface area (Å²) in [5.41, 5.74) is 1.71. The summed E-state index contributed by atoms with van der Waals surface area (Å²) >= 11 is 0. The van der Waals surface area contributed by atoms with Crippen LogP contribution in [-0.4, -0.2) is 41.8 Å². The first kappa shape index (κ1) is 12.1. The Balaban J connectivity index is 2.01. The maximum absolute atomic E-state index is 12.1. The fraction of sp³-hybridized carbons (Fsp3) is 0.667. The van der Waals surface area contributed by atoms with Crippen LogP contribution in [0.4, 0.5) is 0 Å². The zero-order valence-corrected chi connectivity index (χ0v) is 10.5. The largest absolute Gasteiger partial charge is 0.375 e. The van der Waals surface area contributed by atoms with Crippen molar-refractivity contribution in [3.05, 3.63) is 17.0 Å². The minimum absolute atomic E-state index is 0.120. The lowest BCUT2D eigenvalue weighted by atomic mass is 10.1. The number of carbonyl (C=O) groups excluding carboxylic acids is 1. The highest BCUT2D eigenvalue weighted by Gasteiger charge is 2.23. The molecule has 17 heavy (non-hydrogen) atoms. The molecule has 1 unspecified atom stereocenters. The van der Waals surface area contributed by atoms with Crippen molar-refractivity contribution in [2.24, 2.45) is 0 Å². The molecule has 1 fully saturated rings. The fourth-order valence-electron chi connectivity index (χ4n) is 2.06. The topological polar surface area (TPSA) is 55.6 Å². The van der Waals surface area contributed by atoms with Gasteiger partial charge in [-0.1, -0.05) is 5.16 Å². The Labute approximate surface area is 101 Å². The summed E-state index contributed by atoms with van der Waals surface area (Å²) in [5.74, 6) is 0.853. The fourth-order valence-corrected chi connectivity index (χ4v) is 2.06. The van der Waals surface area contributed by atoms with Gasteiger partial charge in [0.2, 0.25) is 5.91 Å². The van der Waals surface area contributed by atoms with E-state index in [1.807, 2.05) is 25.7 Å². The molecule has 1 aromatic rings. The van der Waals surface area contributed by atoms with Crippen LogP contribution in [0.5, 0.6) is 0 Å². The molecular weight excluding hydrogens is 220 g/mol. The number of aromatic nitrogens is 1. The third-order valence-corrected chi connectivity index (χ3v) is 3.10. The van der Waals surface area contributed by atoms with Gasteiger partial charge in [0.05, 0.1) is 24.8 Å². The number of nitrogens with zero attached hydrogens (tertiary/aromatic N) is 2. The Morgan fingerprint density at radius 3 is 2.88 bits per heavy atom. The minimum Gasteiger partial charge on any atom is -0.375 e. The van der Waals surface area contributed by atoms with Gasteiger partial charge in [0.1, 0.15) is 5.76 Å². The Hall–Kier alpha value is -1.36. The number of morpholine rings is 1. The van der Waals surface area contributed by atoms with E-state index in [4.69, 9.17) is 9.26 Å². The molecule has 2 rings (SSSR count). The van der Waals surface area contributed by atoms with Gasteiger partial charge >= 0.3 is 0 Å². The van der Waals surface area contributed by atoms with Gasteiger partial charge in [0.25, 0.3) is 0 Å². The first-order valence-electron chi connectivity index (χ1n) is 5.89. The van der Waals surface area contributed by atoms with Crippen molar-refractivity contribution in [2.45, 2.75) is 33.3 Å². The summed E-state index contributed by atoms with van der Waals surface area (Å²) in [6, 6.07) is 0. The number of amides is 1. The number of hydrogen-bond acceptors (Lipinski definition) is 4. The predicted octanol–water partition coefficient (Wildman–Crippen LogP) is 1.08. The van der Waals surface area contributed by atoms with Crippen LogP contribution in [0, 0.1) is 13.8 Å². The van der Waals surface area contributed by atoms with Crippen molar-refractivity contribution in [3.8, 4) is 0 Å². The smallest absolute Gasteiger partial charge is 0.227 e. The molecule has 1 amide bonds. The van der Waals surface area contributed by atoms with Crippen LogP contribution in [0.1, 0.15) is 23.9 Å². The van der Waals surface area contributed by atoms with Gasteiger partial charge in [-0.25, -0.2) is 0 Å². The van der Waals surface area contributed by atoms with E-state index in [0.29, 0.717) is 26.1 Å². The zero-order valence-electron chi connectivity index (χ0n) is 10.5. The molecule has 5 nitrogen and oxygen atoms in total. The van der Waals surface area contributed by atoms with E-state index < -0.39 is 0 Å². The molecule has 0 spiro atoms. The Bertz CT molecular complexity index is 394. The molecule has 1 atom stereocenters. The summed E-state index contributed by atoms with van der Waals surface area (Å²) < 4.78 is 10.5. The second-order valence-electron chi connectivity index (χ2n) is 4.50. The van der Waals surface area contributed by atoms with Crippen LogP contribution in [0.2, 0.25) is 0 Å². The molecule has 0 aromatic carbocycles. The van der Waals surface area contributed by atoms with Gasteiger partial charge in [0, 0.05) is 18.7 Å². The van der Waals surface area contributed by atoms with Crippen LogP contribution < -0.4 is 0 Å². The monoisotopic (exact) mass is 238 g/mol. The molecule has 1 saturated heterocycles. The Morgan fingerprint density at radius 1 is 1.53 bits per heavy atom. The molecule has 94 valence electrons. The molecule has 0 bridgehead atoms. The lowest BCUT2D eigenvalue weighted by Gasteiger charge is -2.31. The van der Waals surface area contributed by atoms with Crippen molar-refractivity contribution in [2.75, 3.05) is 19.7 Å².